The predicted octanol–water partition coefficient (Wildman–Crippen LogP) is 2.63. The van der Waals surface area contributed by atoms with E-state index in [4.69, 9.17) is 4.74 Å². The fourth-order valence-electron chi connectivity index (χ4n) is 3.77. The van der Waals surface area contributed by atoms with E-state index in [0.29, 0.717) is 30.6 Å². The largest absolute Gasteiger partial charge is 0.490 e. The van der Waals surface area contributed by atoms with Crippen LogP contribution < -0.4 is 10.1 Å². The van der Waals surface area contributed by atoms with Crippen LogP contribution in [0.5, 0.6) is 5.75 Å². The normalized spacial score (nSPS) is 20.8. The third-order valence-corrected chi connectivity index (χ3v) is 5.12. The third-order valence-electron chi connectivity index (χ3n) is 5.12. The molecule has 2 saturated heterocycles. The number of nitro groups is 1. The molecule has 0 radical (unpaired) electrons. The second kappa shape index (κ2) is 8.49. The van der Waals surface area contributed by atoms with Crippen molar-refractivity contribution in [2.45, 2.75) is 31.7 Å². The molecule has 7 nitrogen and oxygen atoms in total. The Morgan fingerprint density at radius 3 is 2.60 bits per heavy atom. The Kier molecular flexibility index (Phi) is 6.61. The Balaban J connectivity index is 0.00000225. The molecule has 25 heavy (non-hydrogen) atoms. The molecule has 138 valence electrons. The number of likely N-dealkylation sites (tertiary alicyclic amines) is 1. The van der Waals surface area contributed by atoms with Crippen molar-refractivity contribution in [2.75, 3.05) is 26.7 Å². The van der Waals surface area contributed by atoms with E-state index in [0.717, 1.165) is 19.4 Å². The summed E-state index contributed by atoms with van der Waals surface area (Å²) in [5.74, 6) is 0.655. The SMILES string of the molecule is COc1ccc(C(=O)N2CCC(C3CCCN3)CC2)cc1[N+](=O)[O-].Cl. The number of methoxy groups -OCH3 is 1. The molecular weight excluding hydrogens is 346 g/mol. The first-order chi connectivity index (χ1) is 11.6. The van der Waals surface area contributed by atoms with Crippen molar-refractivity contribution in [1.82, 2.24) is 10.2 Å². The number of carbonyl (C=O) groups is 1. The molecule has 0 aromatic heterocycles. The van der Waals surface area contributed by atoms with Crippen LogP contribution in [-0.2, 0) is 0 Å². The monoisotopic (exact) mass is 369 g/mol. The highest BCUT2D eigenvalue weighted by molar-refractivity contribution is 5.95. The Labute approximate surface area is 153 Å². The van der Waals surface area contributed by atoms with E-state index < -0.39 is 4.92 Å². The number of ether oxygens (including phenoxy) is 1. The number of carbonyl (C=O) groups excluding carboxylic acids is 1. The van der Waals surface area contributed by atoms with E-state index in [-0.39, 0.29) is 29.8 Å². The first kappa shape index (κ1) is 19.5. The Hall–Kier alpha value is -1.86. The number of hydrogen-bond donors (Lipinski definition) is 1. The highest BCUT2D eigenvalue weighted by Gasteiger charge is 2.30. The zero-order chi connectivity index (χ0) is 17.1. The zero-order valence-corrected chi connectivity index (χ0v) is 15.1. The van der Waals surface area contributed by atoms with Gasteiger partial charge in [0.1, 0.15) is 0 Å². The first-order valence-electron chi connectivity index (χ1n) is 8.45. The lowest BCUT2D eigenvalue weighted by Gasteiger charge is -2.35. The molecule has 1 amide bonds. The van der Waals surface area contributed by atoms with Crippen molar-refractivity contribution in [3.8, 4) is 5.75 Å². The summed E-state index contributed by atoms with van der Waals surface area (Å²) in [6.07, 6.45) is 4.44. The van der Waals surface area contributed by atoms with Gasteiger partial charge in [-0.2, -0.15) is 0 Å². The highest BCUT2D eigenvalue weighted by atomic mass is 35.5. The van der Waals surface area contributed by atoms with Gasteiger partial charge < -0.3 is 15.0 Å². The lowest BCUT2D eigenvalue weighted by Crippen LogP contribution is -2.43. The molecule has 1 N–H and O–H groups in total. The topological polar surface area (TPSA) is 84.7 Å². The highest BCUT2D eigenvalue weighted by Crippen LogP contribution is 2.30. The van der Waals surface area contributed by atoms with Gasteiger partial charge in [0.2, 0.25) is 0 Å². The molecule has 0 saturated carbocycles. The lowest BCUT2D eigenvalue weighted by atomic mass is 9.88. The number of nitrogens with zero attached hydrogens (tertiary/aromatic N) is 2. The maximum absolute atomic E-state index is 12.6. The second-order valence-electron chi connectivity index (χ2n) is 6.48. The molecule has 2 aliphatic heterocycles. The van der Waals surface area contributed by atoms with Crippen LogP contribution in [0, 0.1) is 16.0 Å². The van der Waals surface area contributed by atoms with Gasteiger partial charge in [-0.05, 0) is 50.3 Å². The molecule has 0 bridgehead atoms. The van der Waals surface area contributed by atoms with Gasteiger partial charge >= 0.3 is 5.69 Å². The molecule has 1 aromatic rings. The number of rotatable bonds is 4. The van der Waals surface area contributed by atoms with E-state index in [1.54, 1.807) is 11.0 Å². The van der Waals surface area contributed by atoms with Crippen LogP contribution >= 0.6 is 12.4 Å². The van der Waals surface area contributed by atoms with Gasteiger partial charge in [-0.15, -0.1) is 12.4 Å². The van der Waals surface area contributed by atoms with Crippen LogP contribution in [0.2, 0.25) is 0 Å². The van der Waals surface area contributed by atoms with Crippen molar-refractivity contribution in [3.63, 3.8) is 0 Å². The molecule has 2 heterocycles. The third kappa shape index (κ3) is 4.22. The Bertz CT molecular complexity index is 626. The van der Waals surface area contributed by atoms with Gasteiger partial charge in [0.05, 0.1) is 12.0 Å². The summed E-state index contributed by atoms with van der Waals surface area (Å²) in [4.78, 5) is 25.0. The maximum Gasteiger partial charge on any atom is 0.311 e. The van der Waals surface area contributed by atoms with Gasteiger partial charge in [0.15, 0.2) is 5.75 Å². The molecule has 1 atom stereocenters. The summed E-state index contributed by atoms with van der Waals surface area (Å²) in [7, 11) is 1.38. The van der Waals surface area contributed by atoms with Crippen LogP contribution in [0.15, 0.2) is 18.2 Å². The van der Waals surface area contributed by atoms with Crippen molar-refractivity contribution >= 4 is 24.0 Å². The average molecular weight is 370 g/mol. The molecule has 0 aliphatic carbocycles. The van der Waals surface area contributed by atoms with Crippen LogP contribution in [0.3, 0.4) is 0 Å². The molecule has 2 aliphatic rings. The standard InChI is InChI=1S/C17H23N3O4.ClH/c1-24-16-5-4-13(11-15(16)20(22)23)17(21)19-9-6-12(7-10-19)14-3-2-8-18-14;/h4-5,11-12,14,18H,2-3,6-10H2,1H3;1H. The summed E-state index contributed by atoms with van der Waals surface area (Å²) in [6.45, 7) is 2.52. The minimum absolute atomic E-state index is 0. The van der Waals surface area contributed by atoms with Crippen LogP contribution in [0.25, 0.3) is 0 Å². The van der Waals surface area contributed by atoms with E-state index in [9.17, 15) is 14.9 Å². The number of halogens is 1. The first-order valence-corrected chi connectivity index (χ1v) is 8.45. The van der Waals surface area contributed by atoms with Gasteiger partial charge in [-0.25, -0.2) is 0 Å². The van der Waals surface area contributed by atoms with Crippen LogP contribution in [0.1, 0.15) is 36.0 Å². The smallest absolute Gasteiger partial charge is 0.311 e. The van der Waals surface area contributed by atoms with Crippen LogP contribution in [0.4, 0.5) is 5.69 Å². The molecule has 0 spiro atoms. The van der Waals surface area contributed by atoms with Crippen molar-refractivity contribution in [1.29, 1.82) is 0 Å². The van der Waals surface area contributed by atoms with E-state index in [1.807, 2.05) is 0 Å². The number of nitro benzene ring substituents is 1. The molecule has 1 aromatic carbocycles. The molecule has 8 heteroatoms. The summed E-state index contributed by atoms with van der Waals surface area (Å²) >= 11 is 0. The van der Waals surface area contributed by atoms with E-state index in [1.165, 1.54) is 32.1 Å². The number of hydrogen-bond acceptors (Lipinski definition) is 5. The maximum atomic E-state index is 12.6. The van der Waals surface area contributed by atoms with Crippen LogP contribution in [-0.4, -0.2) is 48.5 Å². The van der Waals surface area contributed by atoms with Crippen molar-refractivity contribution in [3.05, 3.63) is 33.9 Å². The van der Waals surface area contributed by atoms with Gasteiger partial charge in [0.25, 0.3) is 5.91 Å². The number of piperidine rings is 1. The summed E-state index contributed by atoms with van der Waals surface area (Å²) in [5, 5.41) is 14.7. The zero-order valence-electron chi connectivity index (χ0n) is 14.3. The van der Waals surface area contributed by atoms with E-state index >= 15 is 0 Å². The average Bonchev–Trinajstić information content (AvgIpc) is 3.15. The number of nitrogens with one attached hydrogen (secondary N) is 1. The number of benzene rings is 1. The van der Waals surface area contributed by atoms with Gasteiger partial charge in [-0.3, -0.25) is 14.9 Å². The summed E-state index contributed by atoms with van der Waals surface area (Å²) < 4.78 is 4.98. The summed E-state index contributed by atoms with van der Waals surface area (Å²) in [5.41, 5.74) is 0.174. The van der Waals surface area contributed by atoms with E-state index in [2.05, 4.69) is 5.32 Å². The number of amides is 1. The van der Waals surface area contributed by atoms with Gasteiger partial charge in [0, 0.05) is 30.8 Å². The summed E-state index contributed by atoms with van der Waals surface area (Å²) in [6, 6.07) is 4.98. The van der Waals surface area contributed by atoms with Crippen molar-refractivity contribution < 1.29 is 14.5 Å². The minimum atomic E-state index is -0.520. The fourth-order valence-corrected chi connectivity index (χ4v) is 3.77. The lowest BCUT2D eigenvalue weighted by molar-refractivity contribution is -0.385. The molecule has 1 unspecified atom stereocenters. The van der Waals surface area contributed by atoms with Gasteiger partial charge in [-0.1, -0.05) is 0 Å². The minimum Gasteiger partial charge on any atom is -0.490 e. The molecule has 2 fully saturated rings. The second-order valence-corrected chi connectivity index (χ2v) is 6.48. The molecular formula is C17H24ClN3O4. The fraction of sp³-hybridized carbons (Fsp3) is 0.588. The quantitative estimate of drug-likeness (QED) is 0.651. The Morgan fingerprint density at radius 1 is 1.32 bits per heavy atom. The van der Waals surface area contributed by atoms with Crippen molar-refractivity contribution in [2.24, 2.45) is 5.92 Å². The predicted molar refractivity (Wildman–Crippen MR) is 96.5 cm³/mol. The molecule has 3 rings (SSSR count). The Morgan fingerprint density at radius 2 is 2.04 bits per heavy atom.